The second-order valence-electron chi connectivity index (χ2n) is 7.92. The Balaban J connectivity index is 0.00000233. The molecule has 0 spiro atoms. The number of ketones is 1. The van der Waals surface area contributed by atoms with Gasteiger partial charge in [0.1, 0.15) is 5.92 Å². The minimum absolute atomic E-state index is 0.181. The van der Waals surface area contributed by atoms with E-state index < -0.39 is 11.9 Å². The average molecular weight is 444 g/mol. The Morgan fingerprint density at radius 1 is 0.871 bits per heavy atom. The van der Waals surface area contributed by atoms with Gasteiger partial charge in [-0.3, -0.25) is 9.59 Å². The first-order valence-corrected chi connectivity index (χ1v) is 11.5. The van der Waals surface area contributed by atoms with E-state index in [0.717, 1.165) is 36.0 Å². The van der Waals surface area contributed by atoms with Gasteiger partial charge in [-0.1, -0.05) is 91.6 Å². The van der Waals surface area contributed by atoms with Gasteiger partial charge in [0, 0.05) is 5.56 Å². The molecule has 0 radical (unpaired) electrons. The highest BCUT2D eigenvalue weighted by atomic mass is 31.0. The van der Waals surface area contributed by atoms with Gasteiger partial charge in [0.15, 0.2) is 5.78 Å². The number of unbranched alkanes of at least 4 members (excludes halogenated alkanes) is 5. The molecule has 5 heteroatoms. The number of esters is 1. The lowest BCUT2D eigenvalue weighted by Crippen LogP contribution is -2.26. The molecule has 0 bridgehead atoms. The molecule has 2 unspecified atom stereocenters. The summed E-state index contributed by atoms with van der Waals surface area (Å²) in [4.78, 5) is 26.4. The number of carbonyl (C=O) groups is 2. The van der Waals surface area contributed by atoms with Crippen LogP contribution in [0.5, 0.6) is 0 Å². The predicted molar refractivity (Wildman–Crippen MR) is 129 cm³/mol. The number of ether oxygens (including phenoxy) is 1. The number of carbonyl (C=O) groups excluding carboxylic acids is 2. The molecule has 0 fully saturated rings. The van der Waals surface area contributed by atoms with E-state index in [4.69, 9.17) is 9.30 Å². The second-order valence-corrected chi connectivity index (χ2v) is 7.92. The Labute approximate surface area is 189 Å². The predicted octanol–water partition coefficient (Wildman–Crippen LogP) is 6.69. The number of benzene rings is 2. The van der Waals surface area contributed by atoms with Gasteiger partial charge < -0.3 is 4.74 Å². The average Bonchev–Trinajstić information content (AvgIpc) is 2.75. The van der Waals surface area contributed by atoms with Gasteiger partial charge in [-0.15, -0.1) is 0 Å². The van der Waals surface area contributed by atoms with E-state index in [1.807, 2.05) is 63.2 Å². The van der Waals surface area contributed by atoms with E-state index in [9.17, 15) is 9.59 Å². The molecule has 2 aromatic carbocycles. The Hall–Kier alpha value is -2.32. The highest BCUT2D eigenvalue weighted by Crippen LogP contribution is 2.27. The molecule has 0 N–H and O–H groups in total. The van der Waals surface area contributed by atoms with Crippen LogP contribution in [0.15, 0.2) is 42.5 Å². The molecule has 0 aliphatic heterocycles. The molecule has 0 aliphatic carbocycles. The highest BCUT2D eigenvalue weighted by molar-refractivity contribution is 7.00. The van der Waals surface area contributed by atoms with Crippen molar-refractivity contribution >= 4 is 20.9 Å². The molecule has 4 nitrogen and oxygen atoms in total. The summed E-state index contributed by atoms with van der Waals surface area (Å²) in [6.07, 6.45) is 6.74. The molecule has 0 aliphatic rings. The van der Waals surface area contributed by atoms with E-state index in [0.29, 0.717) is 17.7 Å². The van der Waals surface area contributed by atoms with Crippen LogP contribution >= 0.6 is 9.12 Å². The van der Waals surface area contributed by atoms with Gasteiger partial charge in [0.2, 0.25) is 0 Å². The summed E-state index contributed by atoms with van der Waals surface area (Å²) in [6, 6.07) is 13.2. The molecule has 0 saturated heterocycles. The smallest absolute Gasteiger partial charge is 0.321 e. The van der Waals surface area contributed by atoms with Crippen molar-refractivity contribution < 1.29 is 18.9 Å². The summed E-state index contributed by atoms with van der Waals surface area (Å²) in [6.45, 7) is 8.43. The Bertz CT molecular complexity index is 810. The van der Waals surface area contributed by atoms with E-state index in [-0.39, 0.29) is 5.78 Å². The zero-order chi connectivity index (χ0) is 23.2. The minimum Gasteiger partial charge on any atom is -0.465 e. The van der Waals surface area contributed by atoms with Crippen LogP contribution < -0.4 is 0 Å². The van der Waals surface area contributed by atoms with Crippen LogP contribution in [0.3, 0.4) is 0 Å². The van der Waals surface area contributed by atoms with Crippen molar-refractivity contribution in [2.45, 2.75) is 72.1 Å². The maximum atomic E-state index is 13.4. The quantitative estimate of drug-likeness (QED) is 0.128. The maximum Gasteiger partial charge on any atom is 0.321 e. The van der Waals surface area contributed by atoms with Crippen molar-refractivity contribution in [2.24, 2.45) is 0 Å². The first-order chi connectivity index (χ1) is 15.0. The third-order valence-corrected chi connectivity index (χ3v) is 5.30. The summed E-state index contributed by atoms with van der Waals surface area (Å²) < 4.78 is 13.7. The van der Waals surface area contributed by atoms with Crippen LogP contribution in [-0.2, 0) is 14.1 Å². The lowest BCUT2D eigenvalue weighted by molar-refractivity contribution is -0.144. The summed E-state index contributed by atoms with van der Waals surface area (Å²) in [5.41, 5.74) is 4.22. The number of hydrogen-bond acceptors (Lipinski definition) is 4. The Kier molecular flexibility index (Phi) is 12.6. The summed E-state index contributed by atoms with van der Waals surface area (Å²) in [5, 5.41) is 0. The van der Waals surface area contributed by atoms with E-state index in [1.165, 1.54) is 28.4 Å². The summed E-state index contributed by atoms with van der Waals surface area (Å²) in [5.74, 6) is -1.55. The zero-order valence-electron chi connectivity index (χ0n) is 19.3. The fraction of sp³-hybridized carbons (Fsp3) is 0.462. The molecular weight excluding hydrogens is 407 g/mol. The molecule has 0 aromatic heterocycles. The van der Waals surface area contributed by atoms with Crippen molar-refractivity contribution in [3.8, 4) is 0 Å². The van der Waals surface area contributed by atoms with Crippen LogP contribution in [0.1, 0.15) is 84.0 Å². The normalized spacial score (nSPS) is 11.2. The van der Waals surface area contributed by atoms with Crippen LogP contribution in [0.2, 0.25) is 0 Å². The fourth-order valence-corrected chi connectivity index (χ4v) is 3.89. The fourth-order valence-electron chi connectivity index (χ4n) is 3.89. The van der Waals surface area contributed by atoms with Gasteiger partial charge in [-0.05, 0) is 43.9 Å². The second kappa shape index (κ2) is 14.6. The number of hydrogen-bond donors (Lipinski definition) is 0. The van der Waals surface area contributed by atoms with E-state index >= 15 is 0 Å². The van der Waals surface area contributed by atoms with Gasteiger partial charge in [0.25, 0.3) is 0 Å². The third-order valence-electron chi connectivity index (χ3n) is 5.30. The Morgan fingerprint density at radius 3 is 2.00 bits per heavy atom. The number of aryl methyl sites for hydroxylation is 3. The Morgan fingerprint density at radius 2 is 1.42 bits per heavy atom. The van der Waals surface area contributed by atoms with E-state index in [1.54, 1.807) is 0 Å². The van der Waals surface area contributed by atoms with Crippen LogP contribution in [0, 0.1) is 20.8 Å². The molecule has 0 amide bonds. The highest BCUT2D eigenvalue weighted by Gasteiger charge is 2.32. The molecule has 2 atom stereocenters. The van der Waals surface area contributed by atoms with Crippen molar-refractivity contribution in [1.29, 1.82) is 0 Å². The topological polar surface area (TPSA) is 60.4 Å². The monoisotopic (exact) mass is 443 g/mol. The van der Waals surface area contributed by atoms with E-state index in [2.05, 4.69) is 6.92 Å². The lowest BCUT2D eigenvalue weighted by Gasteiger charge is -2.18. The molecule has 2 rings (SSSR count). The first-order valence-electron chi connectivity index (χ1n) is 11.0. The third kappa shape index (κ3) is 8.38. The van der Waals surface area contributed by atoms with Crippen LogP contribution in [-0.4, -0.2) is 18.4 Å². The SMILES string of the molecule is CCCCCCCCOC(=O)C(C(=O)c1c(C)cc(C)cc1C)c1ccccc1.O=[PH2+]. The molecule has 0 saturated carbocycles. The van der Waals surface area contributed by atoms with Gasteiger partial charge in [-0.2, -0.15) is 0 Å². The van der Waals surface area contributed by atoms with Crippen molar-refractivity contribution in [1.82, 2.24) is 0 Å². The van der Waals surface area contributed by atoms with Crippen molar-refractivity contribution in [3.63, 3.8) is 0 Å². The minimum atomic E-state index is -0.920. The van der Waals surface area contributed by atoms with Crippen molar-refractivity contribution in [2.75, 3.05) is 6.61 Å². The van der Waals surface area contributed by atoms with Crippen LogP contribution in [0.25, 0.3) is 0 Å². The summed E-state index contributed by atoms with van der Waals surface area (Å²) in [7, 11) is 1.17. The number of Topliss-reactive ketones (excluding diaryl/α,β-unsaturated/α-hetero) is 1. The summed E-state index contributed by atoms with van der Waals surface area (Å²) >= 11 is 0. The van der Waals surface area contributed by atoms with Crippen LogP contribution in [0.4, 0.5) is 0 Å². The maximum absolute atomic E-state index is 13.4. The first kappa shape index (κ1) is 26.7. The molecule has 2 aromatic rings. The van der Waals surface area contributed by atoms with Gasteiger partial charge in [0.05, 0.1) is 6.61 Å². The zero-order valence-corrected chi connectivity index (χ0v) is 20.4. The van der Waals surface area contributed by atoms with Crippen molar-refractivity contribution in [3.05, 3.63) is 70.3 Å². The molecule has 168 valence electrons. The molecule has 31 heavy (non-hydrogen) atoms. The molecular formula is C26H36O4P+. The largest absolute Gasteiger partial charge is 0.465 e. The standard InChI is InChI=1S/C26H34O3.H2OP/c1-5-6-7-8-9-13-16-29-26(28)24(22-14-11-10-12-15-22)25(27)23-20(3)17-19(2)18-21(23)4;1-2/h10-12,14-15,17-18,24H,5-9,13,16H2,1-4H3;2H2/q;+1. The molecule has 0 heterocycles. The van der Waals surface area contributed by atoms with Gasteiger partial charge in [-0.25, -0.2) is 0 Å². The van der Waals surface area contributed by atoms with Gasteiger partial charge >= 0.3 is 15.1 Å². The lowest BCUT2D eigenvalue weighted by atomic mass is 9.86. The number of rotatable bonds is 11.